The largest absolute Gasteiger partial charge is 0.496 e. The van der Waals surface area contributed by atoms with E-state index in [2.05, 4.69) is 5.32 Å². The van der Waals surface area contributed by atoms with E-state index in [1.165, 1.54) is 7.11 Å². The van der Waals surface area contributed by atoms with E-state index in [9.17, 15) is 4.79 Å². The minimum atomic E-state index is -0.180. The Bertz CT molecular complexity index is 325. The Morgan fingerprint density at radius 1 is 1.47 bits per heavy atom. The summed E-state index contributed by atoms with van der Waals surface area (Å²) in [4.78, 5) is 11.6. The second-order valence-corrected chi connectivity index (χ2v) is 3.03. The van der Waals surface area contributed by atoms with Gasteiger partial charge >= 0.3 is 0 Å². The van der Waals surface area contributed by atoms with Crippen molar-refractivity contribution in [1.29, 1.82) is 0 Å². The van der Waals surface area contributed by atoms with Crippen LogP contribution in [0.3, 0.4) is 0 Å². The van der Waals surface area contributed by atoms with E-state index < -0.39 is 0 Å². The third-order valence-corrected chi connectivity index (χ3v) is 1.97. The molecular weight excluding hydrogens is 194 g/mol. The van der Waals surface area contributed by atoms with Crippen molar-refractivity contribution in [1.82, 2.24) is 5.32 Å². The van der Waals surface area contributed by atoms with Gasteiger partial charge in [-0.1, -0.05) is 12.1 Å². The first-order valence-electron chi connectivity index (χ1n) is 4.81. The molecule has 0 spiro atoms. The number of rotatable bonds is 5. The van der Waals surface area contributed by atoms with Gasteiger partial charge in [0.2, 0.25) is 0 Å². The Balaban J connectivity index is 2.64. The van der Waals surface area contributed by atoms with Crippen LogP contribution < -0.4 is 10.1 Å². The number of hydrogen-bond acceptors (Lipinski definition) is 3. The number of hydrogen-bond donors (Lipinski definition) is 2. The monoisotopic (exact) mass is 209 g/mol. The maximum Gasteiger partial charge on any atom is 0.255 e. The quantitative estimate of drug-likeness (QED) is 0.705. The van der Waals surface area contributed by atoms with E-state index in [-0.39, 0.29) is 12.5 Å². The van der Waals surface area contributed by atoms with Gasteiger partial charge in [0, 0.05) is 13.2 Å². The Hall–Kier alpha value is -1.55. The molecule has 0 saturated heterocycles. The van der Waals surface area contributed by atoms with Crippen LogP contribution in [0.2, 0.25) is 0 Å². The number of ether oxygens (including phenoxy) is 1. The second-order valence-electron chi connectivity index (χ2n) is 3.03. The van der Waals surface area contributed by atoms with Gasteiger partial charge in [0.25, 0.3) is 5.91 Å². The molecule has 1 rings (SSSR count). The summed E-state index contributed by atoms with van der Waals surface area (Å²) in [5, 5.41) is 11.3. The smallest absolute Gasteiger partial charge is 0.255 e. The van der Waals surface area contributed by atoms with Crippen molar-refractivity contribution in [2.24, 2.45) is 0 Å². The van der Waals surface area contributed by atoms with Crippen LogP contribution in [0.5, 0.6) is 5.75 Å². The van der Waals surface area contributed by atoms with E-state index in [1.54, 1.807) is 18.2 Å². The Kier molecular flexibility index (Phi) is 4.63. The first kappa shape index (κ1) is 11.5. The zero-order chi connectivity index (χ0) is 11.1. The van der Waals surface area contributed by atoms with Gasteiger partial charge in [-0.25, -0.2) is 0 Å². The zero-order valence-corrected chi connectivity index (χ0v) is 8.69. The van der Waals surface area contributed by atoms with Crippen LogP contribution in [0, 0.1) is 0 Å². The topological polar surface area (TPSA) is 58.6 Å². The van der Waals surface area contributed by atoms with Crippen LogP contribution in [0.25, 0.3) is 0 Å². The fraction of sp³-hybridized carbons (Fsp3) is 0.364. The van der Waals surface area contributed by atoms with Crippen molar-refractivity contribution in [3.63, 3.8) is 0 Å². The summed E-state index contributed by atoms with van der Waals surface area (Å²) in [6.45, 7) is 0.541. The molecular formula is C11H15NO3. The predicted octanol–water partition coefficient (Wildman–Crippen LogP) is 0.807. The molecule has 0 heterocycles. The third-order valence-electron chi connectivity index (χ3n) is 1.97. The van der Waals surface area contributed by atoms with E-state index in [0.29, 0.717) is 24.3 Å². The van der Waals surface area contributed by atoms with Gasteiger partial charge < -0.3 is 15.2 Å². The summed E-state index contributed by atoms with van der Waals surface area (Å²) >= 11 is 0. The summed E-state index contributed by atoms with van der Waals surface area (Å²) in [6, 6.07) is 7.03. The van der Waals surface area contributed by atoms with Crippen molar-refractivity contribution >= 4 is 5.91 Å². The lowest BCUT2D eigenvalue weighted by molar-refractivity contribution is 0.0948. The molecule has 82 valence electrons. The van der Waals surface area contributed by atoms with Crippen molar-refractivity contribution in [2.45, 2.75) is 6.42 Å². The van der Waals surface area contributed by atoms with Gasteiger partial charge in [0.05, 0.1) is 12.7 Å². The SMILES string of the molecule is COc1ccccc1C(=O)NCCCO. The fourth-order valence-electron chi connectivity index (χ4n) is 1.21. The molecule has 0 radical (unpaired) electrons. The zero-order valence-electron chi connectivity index (χ0n) is 8.69. The van der Waals surface area contributed by atoms with Gasteiger partial charge in [-0.3, -0.25) is 4.79 Å². The first-order chi connectivity index (χ1) is 7.29. The number of methoxy groups -OCH3 is 1. The van der Waals surface area contributed by atoms with E-state index in [0.717, 1.165) is 0 Å². The maximum atomic E-state index is 11.6. The molecule has 4 heteroatoms. The highest BCUT2D eigenvalue weighted by Gasteiger charge is 2.09. The molecule has 0 aliphatic rings. The molecule has 0 aromatic heterocycles. The lowest BCUT2D eigenvalue weighted by atomic mass is 10.2. The number of carbonyl (C=O) groups excluding carboxylic acids is 1. The van der Waals surface area contributed by atoms with Gasteiger partial charge in [-0.2, -0.15) is 0 Å². The lowest BCUT2D eigenvalue weighted by Crippen LogP contribution is -2.25. The molecule has 1 aromatic rings. The Morgan fingerprint density at radius 2 is 2.20 bits per heavy atom. The molecule has 0 bridgehead atoms. The molecule has 1 amide bonds. The summed E-state index contributed by atoms with van der Waals surface area (Å²) in [7, 11) is 1.53. The van der Waals surface area contributed by atoms with Crippen LogP contribution >= 0.6 is 0 Å². The molecule has 0 saturated carbocycles. The number of aliphatic hydroxyl groups excluding tert-OH is 1. The number of amides is 1. The Morgan fingerprint density at radius 3 is 2.87 bits per heavy atom. The summed E-state index contributed by atoms with van der Waals surface area (Å²) in [5.41, 5.74) is 0.512. The molecule has 0 fully saturated rings. The average Bonchev–Trinajstić information content (AvgIpc) is 2.29. The normalized spacial score (nSPS) is 9.73. The van der Waals surface area contributed by atoms with Gasteiger partial charge in [-0.05, 0) is 18.6 Å². The highest BCUT2D eigenvalue weighted by molar-refractivity contribution is 5.96. The summed E-state index contributed by atoms with van der Waals surface area (Å²) in [6.07, 6.45) is 0.556. The summed E-state index contributed by atoms with van der Waals surface area (Å²) in [5.74, 6) is 0.375. The summed E-state index contributed by atoms with van der Waals surface area (Å²) < 4.78 is 5.06. The standard InChI is InChI=1S/C11H15NO3/c1-15-10-6-3-2-5-9(10)11(14)12-7-4-8-13/h2-3,5-6,13H,4,7-8H2,1H3,(H,12,14). The third kappa shape index (κ3) is 3.25. The number of para-hydroxylation sites is 1. The van der Waals surface area contributed by atoms with E-state index in [4.69, 9.17) is 9.84 Å². The van der Waals surface area contributed by atoms with Gasteiger partial charge in [-0.15, -0.1) is 0 Å². The number of aliphatic hydroxyl groups is 1. The van der Waals surface area contributed by atoms with E-state index in [1.807, 2.05) is 6.07 Å². The molecule has 0 aliphatic heterocycles. The van der Waals surface area contributed by atoms with Crippen LogP contribution in [0.1, 0.15) is 16.8 Å². The minimum Gasteiger partial charge on any atom is -0.496 e. The van der Waals surface area contributed by atoms with Crippen molar-refractivity contribution < 1.29 is 14.6 Å². The maximum absolute atomic E-state index is 11.6. The molecule has 0 unspecified atom stereocenters. The molecule has 1 aromatic carbocycles. The van der Waals surface area contributed by atoms with Crippen LogP contribution in [0.4, 0.5) is 0 Å². The molecule has 4 nitrogen and oxygen atoms in total. The molecule has 0 aliphatic carbocycles. The fourth-order valence-corrected chi connectivity index (χ4v) is 1.21. The van der Waals surface area contributed by atoms with Crippen LogP contribution in [-0.2, 0) is 0 Å². The predicted molar refractivity (Wildman–Crippen MR) is 57.0 cm³/mol. The highest BCUT2D eigenvalue weighted by Crippen LogP contribution is 2.16. The number of benzene rings is 1. The van der Waals surface area contributed by atoms with Crippen LogP contribution in [0.15, 0.2) is 24.3 Å². The Labute approximate surface area is 88.9 Å². The van der Waals surface area contributed by atoms with E-state index >= 15 is 0 Å². The molecule has 15 heavy (non-hydrogen) atoms. The first-order valence-corrected chi connectivity index (χ1v) is 4.81. The molecule has 0 atom stereocenters. The average molecular weight is 209 g/mol. The lowest BCUT2D eigenvalue weighted by Gasteiger charge is -2.08. The highest BCUT2D eigenvalue weighted by atomic mass is 16.5. The second kappa shape index (κ2) is 6.03. The number of carbonyl (C=O) groups is 1. The van der Waals surface area contributed by atoms with Crippen molar-refractivity contribution in [3.05, 3.63) is 29.8 Å². The van der Waals surface area contributed by atoms with Gasteiger partial charge in [0.1, 0.15) is 5.75 Å². The van der Waals surface area contributed by atoms with Crippen molar-refractivity contribution in [3.8, 4) is 5.75 Å². The van der Waals surface area contributed by atoms with Crippen LogP contribution in [-0.4, -0.2) is 31.3 Å². The minimum absolute atomic E-state index is 0.0756. The van der Waals surface area contributed by atoms with Crippen molar-refractivity contribution in [2.75, 3.05) is 20.3 Å². The molecule has 2 N–H and O–H groups in total. The van der Waals surface area contributed by atoms with Gasteiger partial charge in [0.15, 0.2) is 0 Å². The number of nitrogens with one attached hydrogen (secondary N) is 1.